The fourth-order valence-electron chi connectivity index (χ4n) is 4.53. The highest BCUT2D eigenvalue weighted by Crippen LogP contribution is 2.37. The average molecular weight is 552 g/mol. The highest BCUT2D eigenvalue weighted by molar-refractivity contribution is 7.46. The van der Waals surface area contributed by atoms with Gasteiger partial charge in [0.05, 0.1) is 13.2 Å². The minimum Gasteiger partial charge on any atom is -0.395 e. The third-order valence-electron chi connectivity index (χ3n) is 6.98. The first-order valence-electron chi connectivity index (χ1n) is 15.9. The fourth-order valence-corrected chi connectivity index (χ4v) is 4.94. The number of aliphatic hydroxyl groups excluding tert-OH is 1. The third-order valence-corrected chi connectivity index (χ3v) is 7.47. The Morgan fingerprint density at radius 3 is 1.32 bits per heavy atom. The quantitative estimate of drug-likeness (QED) is 0.0697. The number of rotatable bonds is 27. The lowest BCUT2D eigenvalue weighted by Crippen LogP contribution is -2.28. The van der Waals surface area contributed by atoms with Crippen molar-refractivity contribution in [2.45, 2.75) is 156 Å². The van der Waals surface area contributed by atoms with E-state index in [4.69, 9.17) is 19.4 Å². The molecule has 0 aliphatic heterocycles. The van der Waals surface area contributed by atoms with E-state index < -0.39 is 7.82 Å². The second-order valence-corrected chi connectivity index (χ2v) is 12.0. The van der Waals surface area contributed by atoms with E-state index in [-0.39, 0.29) is 6.61 Å². The molecule has 0 aromatic rings. The van der Waals surface area contributed by atoms with Gasteiger partial charge in [0.2, 0.25) is 0 Å². The summed E-state index contributed by atoms with van der Waals surface area (Å²) in [7, 11) is -4.33. The number of aliphatic hydroxyl groups is 1. The maximum Gasteiger partial charge on any atom is 0.469 e. The van der Waals surface area contributed by atoms with Crippen LogP contribution in [0.5, 0.6) is 0 Å². The zero-order chi connectivity index (χ0) is 28.0. The van der Waals surface area contributed by atoms with E-state index in [1.807, 2.05) is 0 Å². The summed E-state index contributed by atoms with van der Waals surface area (Å²) in [6.45, 7) is 12.5. The van der Waals surface area contributed by atoms with E-state index in [9.17, 15) is 4.57 Å². The SMILES string of the molecule is CCCCCCCCCCC(CCCCCCCC)COP(=O)(O)O.CCCCN(CCO)CCCC. The largest absolute Gasteiger partial charge is 0.469 e. The zero-order valence-electron chi connectivity index (χ0n) is 25.3. The van der Waals surface area contributed by atoms with Gasteiger partial charge in [-0.2, -0.15) is 0 Å². The second kappa shape index (κ2) is 30.6. The van der Waals surface area contributed by atoms with Gasteiger partial charge in [0, 0.05) is 6.54 Å². The van der Waals surface area contributed by atoms with Gasteiger partial charge in [-0.1, -0.05) is 130 Å². The van der Waals surface area contributed by atoms with E-state index in [0.29, 0.717) is 12.5 Å². The van der Waals surface area contributed by atoms with Crippen molar-refractivity contribution in [1.82, 2.24) is 4.90 Å². The van der Waals surface area contributed by atoms with Gasteiger partial charge in [-0.3, -0.25) is 4.52 Å². The minimum atomic E-state index is -4.33. The lowest BCUT2D eigenvalue weighted by molar-refractivity contribution is 0.157. The van der Waals surface area contributed by atoms with Crippen LogP contribution in [-0.2, 0) is 9.09 Å². The topological polar surface area (TPSA) is 90.2 Å². The van der Waals surface area contributed by atoms with Crippen LogP contribution in [0.4, 0.5) is 0 Å². The van der Waals surface area contributed by atoms with Crippen LogP contribution in [0.2, 0.25) is 0 Å². The summed E-state index contributed by atoms with van der Waals surface area (Å²) in [6.07, 6.45) is 24.9. The first-order chi connectivity index (χ1) is 17.8. The summed E-state index contributed by atoms with van der Waals surface area (Å²) in [5.74, 6) is 0.291. The monoisotopic (exact) mass is 551 g/mol. The first kappa shape index (κ1) is 39.2. The number of unbranched alkanes of at least 4 members (excludes halogenated alkanes) is 14. The fraction of sp³-hybridized carbons (Fsp3) is 1.00. The molecule has 0 aromatic carbocycles. The van der Waals surface area contributed by atoms with Gasteiger partial charge in [-0.15, -0.1) is 0 Å². The Morgan fingerprint density at radius 1 is 0.595 bits per heavy atom. The van der Waals surface area contributed by atoms with E-state index in [1.165, 1.54) is 103 Å². The summed E-state index contributed by atoms with van der Waals surface area (Å²) in [5.41, 5.74) is 0. The predicted octanol–water partition coefficient (Wildman–Crippen LogP) is 8.87. The van der Waals surface area contributed by atoms with Crippen LogP contribution >= 0.6 is 7.82 Å². The van der Waals surface area contributed by atoms with Crippen LogP contribution in [0, 0.1) is 5.92 Å². The lowest BCUT2D eigenvalue weighted by atomic mass is 9.95. The molecule has 0 aliphatic rings. The molecule has 0 amide bonds. The van der Waals surface area contributed by atoms with E-state index in [0.717, 1.165) is 45.3 Å². The van der Waals surface area contributed by atoms with Gasteiger partial charge >= 0.3 is 7.82 Å². The minimum absolute atomic E-state index is 0.204. The molecular formula is C30H66NO5P. The molecule has 37 heavy (non-hydrogen) atoms. The summed E-state index contributed by atoms with van der Waals surface area (Å²) in [6, 6.07) is 0. The molecule has 0 fully saturated rings. The number of phosphoric acid groups is 1. The molecule has 6 nitrogen and oxygen atoms in total. The summed E-state index contributed by atoms with van der Waals surface area (Å²) in [4.78, 5) is 20.2. The summed E-state index contributed by atoms with van der Waals surface area (Å²) < 4.78 is 15.7. The van der Waals surface area contributed by atoms with Crippen molar-refractivity contribution >= 4 is 7.82 Å². The third kappa shape index (κ3) is 34.0. The number of hydrogen-bond donors (Lipinski definition) is 3. The Labute approximate surface area is 231 Å². The van der Waals surface area contributed by atoms with E-state index in [1.54, 1.807) is 0 Å². The molecule has 0 aliphatic carbocycles. The molecule has 0 saturated carbocycles. The molecule has 226 valence electrons. The molecule has 0 bridgehead atoms. The van der Waals surface area contributed by atoms with Gasteiger partial charge in [-0.05, 0) is 44.7 Å². The van der Waals surface area contributed by atoms with E-state index >= 15 is 0 Å². The smallest absolute Gasteiger partial charge is 0.395 e. The van der Waals surface area contributed by atoms with Crippen LogP contribution in [0.15, 0.2) is 0 Å². The van der Waals surface area contributed by atoms with Crippen LogP contribution in [-0.4, -0.2) is 52.6 Å². The number of nitrogens with zero attached hydrogens (tertiary/aromatic N) is 1. The van der Waals surface area contributed by atoms with Crippen molar-refractivity contribution in [1.29, 1.82) is 0 Å². The Bertz CT molecular complexity index is 467. The first-order valence-corrected chi connectivity index (χ1v) is 17.4. The molecule has 0 heterocycles. The predicted molar refractivity (Wildman–Crippen MR) is 160 cm³/mol. The van der Waals surface area contributed by atoms with Gasteiger partial charge in [0.1, 0.15) is 0 Å². The van der Waals surface area contributed by atoms with Gasteiger partial charge < -0.3 is 19.8 Å². The lowest BCUT2D eigenvalue weighted by Gasteiger charge is -2.20. The zero-order valence-corrected chi connectivity index (χ0v) is 26.2. The van der Waals surface area contributed by atoms with Crippen LogP contribution in [0.1, 0.15) is 156 Å². The molecule has 0 aromatic heterocycles. The molecule has 7 heteroatoms. The van der Waals surface area contributed by atoms with Crippen molar-refractivity contribution in [3.05, 3.63) is 0 Å². The van der Waals surface area contributed by atoms with Crippen molar-refractivity contribution in [3.8, 4) is 0 Å². The molecular weight excluding hydrogens is 485 g/mol. The maximum atomic E-state index is 11.0. The number of phosphoric ester groups is 1. The normalized spacial score (nSPS) is 12.5. The van der Waals surface area contributed by atoms with E-state index in [2.05, 4.69) is 32.6 Å². The van der Waals surface area contributed by atoms with Gasteiger partial charge in [-0.25, -0.2) is 4.57 Å². The molecule has 0 spiro atoms. The van der Waals surface area contributed by atoms with Crippen molar-refractivity contribution in [2.75, 3.05) is 32.8 Å². The molecule has 3 N–H and O–H groups in total. The average Bonchev–Trinajstić information content (AvgIpc) is 2.87. The Kier molecular flexibility index (Phi) is 32.4. The second-order valence-electron chi connectivity index (χ2n) is 10.7. The molecule has 1 atom stereocenters. The highest BCUT2D eigenvalue weighted by Gasteiger charge is 2.18. The highest BCUT2D eigenvalue weighted by atomic mass is 31.2. The maximum absolute atomic E-state index is 11.0. The standard InChI is InChI=1S/C20H43O4P.C10H23NO/c1-3-5-7-9-11-12-14-16-18-20(19-24-25(21,22)23)17-15-13-10-8-6-4-2;1-3-5-7-11(9-10-12)8-6-4-2/h20H,3-19H2,1-2H3,(H2,21,22,23);12H,3-10H2,1-2H3. The van der Waals surface area contributed by atoms with Crippen LogP contribution < -0.4 is 0 Å². The van der Waals surface area contributed by atoms with Crippen molar-refractivity contribution in [2.24, 2.45) is 5.92 Å². The Balaban J connectivity index is 0. The molecule has 1 unspecified atom stereocenters. The van der Waals surface area contributed by atoms with Gasteiger partial charge in [0.15, 0.2) is 0 Å². The van der Waals surface area contributed by atoms with Crippen molar-refractivity contribution in [3.63, 3.8) is 0 Å². The van der Waals surface area contributed by atoms with Gasteiger partial charge in [0.25, 0.3) is 0 Å². The number of hydrogen-bond acceptors (Lipinski definition) is 4. The van der Waals surface area contributed by atoms with Crippen LogP contribution in [0.3, 0.4) is 0 Å². The summed E-state index contributed by atoms with van der Waals surface area (Å²) in [5, 5.41) is 8.79. The van der Waals surface area contributed by atoms with Crippen LogP contribution in [0.25, 0.3) is 0 Å². The summed E-state index contributed by atoms with van der Waals surface area (Å²) >= 11 is 0. The molecule has 0 rings (SSSR count). The molecule has 0 saturated heterocycles. The molecule has 0 radical (unpaired) electrons. The Morgan fingerprint density at radius 2 is 0.973 bits per heavy atom. The Hall–Kier alpha value is 0.0300. The van der Waals surface area contributed by atoms with Crippen molar-refractivity contribution < 1.29 is 24.0 Å².